The van der Waals surface area contributed by atoms with Crippen molar-refractivity contribution in [1.82, 2.24) is 14.9 Å². The second-order valence-electron chi connectivity index (χ2n) is 8.15. The standard InChI is InChI=1S/C25H29N3O3S/c1-31-20-13-9-12-19(16-20)28-24(30)21-14-7-8-15-22(21)27-25(28)32-17-23(29)26-18-10-5-3-2-4-6-11-18/h7-9,12-16,18H,2-6,10-11,17H2,1H3,(H,26,29). The molecule has 6 nitrogen and oxygen atoms in total. The SMILES string of the molecule is COc1cccc(-n2c(SCC(=O)NC3CCCCCCC3)nc3ccccc3c2=O)c1. The number of rotatable bonds is 6. The van der Waals surface area contributed by atoms with Crippen molar-refractivity contribution in [1.29, 1.82) is 0 Å². The Bertz CT molecular complexity index is 1140. The summed E-state index contributed by atoms with van der Waals surface area (Å²) in [5.74, 6) is 0.853. The molecule has 1 heterocycles. The maximum absolute atomic E-state index is 13.3. The lowest BCUT2D eigenvalue weighted by atomic mass is 9.97. The number of nitrogens with zero attached hydrogens (tertiary/aromatic N) is 2. The Morgan fingerprint density at radius 1 is 1.09 bits per heavy atom. The number of amides is 1. The first-order valence-corrected chi connectivity index (χ1v) is 12.2. The van der Waals surface area contributed by atoms with Crippen LogP contribution in [0.1, 0.15) is 44.9 Å². The summed E-state index contributed by atoms with van der Waals surface area (Å²) in [5, 5.41) is 4.23. The Kier molecular flexibility index (Phi) is 7.47. The molecule has 7 heteroatoms. The van der Waals surface area contributed by atoms with Crippen molar-refractivity contribution in [2.45, 2.75) is 56.1 Å². The van der Waals surface area contributed by atoms with Crippen LogP contribution in [-0.4, -0.2) is 34.4 Å². The van der Waals surface area contributed by atoms with Gasteiger partial charge in [-0.1, -0.05) is 62.1 Å². The van der Waals surface area contributed by atoms with Crippen molar-refractivity contribution in [3.05, 3.63) is 58.9 Å². The zero-order chi connectivity index (χ0) is 22.3. The number of para-hydroxylation sites is 1. The van der Waals surface area contributed by atoms with Gasteiger partial charge in [-0.2, -0.15) is 0 Å². The van der Waals surface area contributed by atoms with E-state index in [2.05, 4.69) is 5.32 Å². The number of hydrogen-bond acceptors (Lipinski definition) is 5. The minimum Gasteiger partial charge on any atom is -0.497 e. The molecule has 1 aliphatic carbocycles. The average Bonchev–Trinajstić information content (AvgIpc) is 2.79. The Balaban J connectivity index is 1.59. The summed E-state index contributed by atoms with van der Waals surface area (Å²) in [4.78, 5) is 30.8. The first kappa shape index (κ1) is 22.4. The van der Waals surface area contributed by atoms with E-state index in [0.29, 0.717) is 27.5 Å². The van der Waals surface area contributed by atoms with Gasteiger partial charge in [-0.25, -0.2) is 4.98 Å². The number of methoxy groups -OCH3 is 1. The fourth-order valence-electron chi connectivity index (χ4n) is 4.19. The summed E-state index contributed by atoms with van der Waals surface area (Å²) < 4.78 is 6.91. The summed E-state index contributed by atoms with van der Waals surface area (Å²) >= 11 is 1.29. The third-order valence-corrected chi connectivity index (χ3v) is 6.80. The van der Waals surface area contributed by atoms with E-state index in [1.165, 1.54) is 43.9 Å². The zero-order valence-corrected chi connectivity index (χ0v) is 19.2. The van der Waals surface area contributed by atoms with Gasteiger partial charge in [0.05, 0.1) is 29.5 Å². The number of nitrogens with one attached hydrogen (secondary N) is 1. The molecule has 0 saturated heterocycles. The van der Waals surface area contributed by atoms with Crippen molar-refractivity contribution in [2.24, 2.45) is 0 Å². The minimum atomic E-state index is -0.160. The van der Waals surface area contributed by atoms with Crippen molar-refractivity contribution < 1.29 is 9.53 Å². The number of thioether (sulfide) groups is 1. The topological polar surface area (TPSA) is 73.2 Å². The molecule has 0 aliphatic heterocycles. The van der Waals surface area contributed by atoms with Gasteiger partial charge in [0, 0.05) is 12.1 Å². The van der Waals surface area contributed by atoms with E-state index >= 15 is 0 Å². The largest absolute Gasteiger partial charge is 0.497 e. The number of carbonyl (C=O) groups excluding carboxylic acids is 1. The van der Waals surface area contributed by atoms with E-state index < -0.39 is 0 Å². The molecule has 1 aliphatic rings. The van der Waals surface area contributed by atoms with Crippen molar-refractivity contribution in [2.75, 3.05) is 12.9 Å². The van der Waals surface area contributed by atoms with Crippen molar-refractivity contribution in [3.8, 4) is 11.4 Å². The van der Waals surface area contributed by atoms with E-state index in [9.17, 15) is 9.59 Å². The van der Waals surface area contributed by atoms with Crippen LogP contribution in [0, 0.1) is 0 Å². The van der Waals surface area contributed by atoms with Gasteiger partial charge < -0.3 is 10.1 Å². The fraction of sp³-hybridized carbons (Fsp3) is 0.400. The summed E-state index contributed by atoms with van der Waals surface area (Å²) in [7, 11) is 1.59. The molecule has 0 atom stereocenters. The van der Waals surface area contributed by atoms with Crippen LogP contribution in [0.2, 0.25) is 0 Å². The molecule has 2 aromatic carbocycles. The maximum atomic E-state index is 13.3. The van der Waals surface area contributed by atoms with E-state index in [0.717, 1.165) is 12.8 Å². The number of carbonyl (C=O) groups is 1. The molecular formula is C25H29N3O3S. The third-order valence-electron chi connectivity index (χ3n) is 5.86. The van der Waals surface area contributed by atoms with Crippen LogP contribution in [-0.2, 0) is 4.79 Å². The summed E-state index contributed by atoms with van der Waals surface area (Å²) in [5.41, 5.74) is 1.13. The molecule has 0 bridgehead atoms. The molecule has 1 saturated carbocycles. The molecule has 3 aromatic rings. The molecule has 0 radical (unpaired) electrons. The summed E-state index contributed by atoms with van der Waals surface area (Å²) in [6, 6.07) is 14.9. The molecular weight excluding hydrogens is 422 g/mol. The Morgan fingerprint density at radius 3 is 2.62 bits per heavy atom. The summed E-state index contributed by atoms with van der Waals surface area (Å²) in [6.07, 6.45) is 8.20. The maximum Gasteiger partial charge on any atom is 0.266 e. The molecule has 32 heavy (non-hydrogen) atoms. The predicted molar refractivity (Wildman–Crippen MR) is 129 cm³/mol. The van der Waals surface area contributed by atoms with Crippen LogP contribution in [0.25, 0.3) is 16.6 Å². The first-order valence-electron chi connectivity index (χ1n) is 11.2. The number of aromatic nitrogens is 2. The van der Waals surface area contributed by atoms with Gasteiger partial charge >= 0.3 is 0 Å². The lowest BCUT2D eigenvalue weighted by Crippen LogP contribution is -2.36. The highest BCUT2D eigenvalue weighted by Gasteiger charge is 2.17. The van der Waals surface area contributed by atoms with E-state index in [1.54, 1.807) is 23.8 Å². The third kappa shape index (κ3) is 5.33. The lowest BCUT2D eigenvalue weighted by Gasteiger charge is -2.21. The van der Waals surface area contributed by atoms with Crippen molar-refractivity contribution >= 4 is 28.6 Å². The van der Waals surface area contributed by atoms with E-state index in [1.807, 2.05) is 36.4 Å². The minimum absolute atomic E-state index is 0.0137. The van der Waals surface area contributed by atoms with Crippen LogP contribution in [0.5, 0.6) is 5.75 Å². The van der Waals surface area contributed by atoms with E-state index in [-0.39, 0.29) is 23.3 Å². The number of fused-ring (bicyclic) bond motifs is 1. The molecule has 1 N–H and O–H groups in total. The normalized spacial score (nSPS) is 15.2. The highest BCUT2D eigenvalue weighted by molar-refractivity contribution is 7.99. The van der Waals surface area contributed by atoms with Crippen LogP contribution in [0.4, 0.5) is 0 Å². The number of benzene rings is 2. The van der Waals surface area contributed by atoms with Crippen LogP contribution in [0.15, 0.2) is 58.5 Å². The Hall–Kier alpha value is -2.80. The zero-order valence-electron chi connectivity index (χ0n) is 18.4. The lowest BCUT2D eigenvalue weighted by molar-refractivity contribution is -0.119. The van der Waals surface area contributed by atoms with Gasteiger partial charge in [0.2, 0.25) is 5.91 Å². The second-order valence-corrected chi connectivity index (χ2v) is 9.09. The molecule has 1 fully saturated rings. The Labute approximate surface area is 192 Å². The van der Waals surface area contributed by atoms with Gasteiger partial charge in [-0.15, -0.1) is 0 Å². The molecule has 168 valence electrons. The predicted octanol–water partition coefficient (Wildman–Crippen LogP) is 4.72. The van der Waals surface area contributed by atoms with E-state index in [4.69, 9.17) is 9.72 Å². The fourth-order valence-corrected chi connectivity index (χ4v) is 5.01. The second kappa shape index (κ2) is 10.7. The quantitative estimate of drug-likeness (QED) is 0.434. The summed E-state index contributed by atoms with van der Waals surface area (Å²) in [6.45, 7) is 0. The molecule has 0 unspecified atom stereocenters. The molecule has 0 spiro atoms. The van der Waals surface area contributed by atoms with Crippen LogP contribution in [0.3, 0.4) is 0 Å². The van der Waals surface area contributed by atoms with Gasteiger partial charge in [0.25, 0.3) is 5.56 Å². The molecule has 1 aromatic heterocycles. The highest BCUT2D eigenvalue weighted by atomic mass is 32.2. The highest BCUT2D eigenvalue weighted by Crippen LogP contribution is 2.24. The average molecular weight is 452 g/mol. The van der Waals surface area contributed by atoms with Gasteiger partial charge in [0.15, 0.2) is 5.16 Å². The van der Waals surface area contributed by atoms with Crippen LogP contribution >= 0.6 is 11.8 Å². The van der Waals surface area contributed by atoms with Crippen LogP contribution < -0.4 is 15.6 Å². The smallest absolute Gasteiger partial charge is 0.266 e. The molecule has 1 amide bonds. The Morgan fingerprint density at radius 2 is 1.84 bits per heavy atom. The first-order chi connectivity index (χ1) is 15.7. The van der Waals surface area contributed by atoms with Gasteiger partial charge in [-0.05, 0) is 37.1 Å². The number of ether oxygens (including phenoxy) is 1. The van der Waals surface area contributed by atoms with Crippen molar-refractivity contribution in [3.63, 3.8) is 0 Å². The van der Waals surface area contributed by atoms with Gasteiger partial charge in [-0.3, -0.25) is 14.2 Å². The molecule has 4 rings (SSSR count). The van der Waals surface area contributed by atoms with Gasteiger partial charge in [0.1, 0.15) is 5.75 Å². The number of hydrogen-bond donors (Lipinski definition) is 1. The monoisotopic (exact) mass is 451 g/mol.